The van der Waals surface area contributed by atoms with Gasteiger partial charge in [-0.05, 0) is 74.4 Å². The molecule has 2 aliphatic heterocycles. The highest BCUT2D eigenvalue weighted by Crippen LogP contribution is 2.38. The third kappa shape index (κ3) is 5.33. The van der Waals surface area contributed by atoms with Crippen LogP contribution in [-0.2, 0) is 11.2 Å². The van der Waals surface area contributed by atoms with Gasteiger partial charge in [0.05, 0.1) is 16.6 Å². The molecule has 0 radical (unpaired) electrons. The number of nitrogens with zero attached hydrogens (tertiary/aromatic N) is 6. The average Bonchev–Trinajstić information content (AvgIpc) is 3.03. The molecular weight excluding hydrogens is 586 g/mol. The number of rotatable bonds is 3. The fourth-order valence-electron chi connectivity index (χ4n) is 6.95. The van der Waals surface area contributed by atoms with Crippen molar-refractivity contribution >= 4 is 28.4 Å². The molecule has 4 aromatic rings. The normalized spacial score (nSPS) is 18.6. The topological polar surface area (TPSA) is 74.6 Å². The van der Waals surface area contributed by atoms with Crippen LogP contribution in [0, 0.1) is 11.6 Å². The largest absolute Gasteiger partial charge is 0.374 e. The number of anilines is 2. The molecule has 240 valence electrons. The zero-order valence-electron chi connectivity index (χ0n) is 27.1. The van der Waals surface area contributed by atoms with E-state index >= 15 is 8.78 Å². The monoisotopic (exact) mass is 626 g/mol. The van der Waals surface area contributed by atoms with E-state index in [0.717, 1.165) is 24.0 Å². The van der Waals surface area contributed by atoms with E-state index in [1.165, 1.54) is 22.8 Å². The Morgan fingerprint density at radius 1 is 1.02 bits per heavy atom. The Morgan fingerprint density at radius 3 is 2.52 bits per heavy atom. The van der Waals surface area contributed by atoms with Gasteiger partial charge in [0.15, 0.2) is 11.5 Å². The predicted octanol–water partition coefficient (Wildman–Crippen LogP) is 6.23. The van der Waals surface area contributed by atoms with Crippen molar-refractivity contribution in [3.05, 3.63) is 88.4 Å². The van der Waals surface area contributed by atoms with E-state index in [1.54, 1.807) is 17.0 Å². The van der Waals surface area contributed by atoms with Crippen LogP contribution >= 0.6 is 0 Å². The number of fused-ring (bicyclic) bond motifs is 5. The number of halogens is 2. The first-order chi connectivity index (χ1) is 22.0. The van der Waals surface area contributed by atoms with Crippen LogP contribution in [0.1, 0.15) is 57.6 Å². The molecule has 1 amide bonds. The number of carbonyl (C=O) groups is 1. The summed E-state index contributed by atoms with van der Waals surface area (Å²) < 4.78 is 33.7. The molecule has 46 heavy (non-hydrogen) atoms. The van der Waals surface area contributed by atoms with Crippen molar-refractivity contribution in [3.63, 3.8) is 0 Å². The van der Waals surface area contributed by atoms with Gasteiger partial charge in [-0.25, -0.2) is 23.1 Å². The van der Waals surface area contributed by atoms with E-state index in [4.69, 9.17) is 4.98 Å². The smallest absolute Gasteiger partial charge is 0.355 e. The third-order valence-electron chi connectivity index (χ3n) is 9.34. The maximum atomic E-state index is 16.4. The molecule has 10 heteroatoms. The summed E-state index contributed by atoms with van der Waals surface area (Å²) in [5, 5.41) is 0.342. The lowest BCUT2D eigenvalue weighted by atomic mass is 9.95. The van der Waals surface area contributed by atoms with Gasteiger partial charge in [-0.3, -0.25) is 4.79 Å². The van der Waals surface area contributed by atoms with Crippen LogP contribution in [0.3, 0.4) is 0 Å². The number of hydrogen-bond donors (Lipinski definition) is 0. The highest BCUT2D eigenvalue weighted by Gasteiger charge is 2.34. The number of hydrogen-bond acceptors (Lipinski definition) is 6. The van der Waals surface area contributed by atoms with Gasteiger partial charge in [-0.15, -0.1) is 0 Å². The molecule has 2 aromatic heterocycles. The van der Waals surface area contributed by atoms with Gasteiger partial charge >= 0.3 is 5.69 Å². The lowest BCUT2D eigenvalue weighted by molar-refractivity contribution is -0.128. The maximum absolute atomic E-state index is 16.4. The molecular formula is C36H40F2N6O2. The molecule has 0 saturated carbocycles. The summed E-state index contributed by atoms with van der Waals surface area (Å²) in [6.07, 6.45) is 3.64. The first-order valence-corrected chi connectivity index (χ1v) is 16.0. The zero-order valence-corrected chi connectivity index (χ0v) is 27.1. The molecule has 0 spiro atoms. The van der Waals surface area contributed by atoms with E-state index < -0.39 is 17.3 Å². The number of piperazine rings is 1. The number of amides is 1. The molecule has 2 atom stereocenters. The minimum Gasteiger partial charge on any atom is -0.374 e. The van der Waals surface area contributed by atoms with Gasteiger partial charge in [0.25, 0.3) is 0 Å². The molecule has 0 unspecified atom stereocenters. The van der Waals surface area contributed by atoms with Crippen molar-refractivity contribution in [2.45, 2.75) is 65.0 Å². The minimum atomic E-state index is -0.714. The number of aryl methyl sites for hydroxylation is 1. The quantitative estimate of drug-likeness (QED) is 0.251. The first kappa shape index (κ1) is 31.4. The van der Waals surface area contributed by atoms with Gasteiger partial charge in [0, 0.05) is 44.5 Å². The van der Waals surface area contributed by atoms with Gasteiger partial charge < -0.3 is 14.7 Å². The second-order valence-corrected chi connectivity index (χ2v) is 12.8. The second-order valence-electron chi connectivity index (χ2n) is 12.8. The fourth-order valence-corrected chi connectivity index (χ4v) is 6.95. The summed E-state index contributed by atoms with van der Waals surface area (Å²) >= 11 is 0. The Morgan fingerprint density at radius 2 is 1.78 bits per heavy atom. The third-order valence-corrected chi connectivity index (χ3v) is 9.34. The van der Waals surface area contributed by atoms with E-state index in [9.17, 15) is 9.59 Å². The lowest BCUT2D eigenvalue weighted by Crippen LogP contribution is -2.58. The zero-order chi connectivity index (χ0) is 32.9. The van der Waals surface area contributed by atoms with Crippen molar-refractivity contribution < 1.29 is 13.6 Å². The van der Waals surface area contributed by atoms with Gasteiger partial charge in [-0.1, -0.05) is 44.7 Å². The van der Waals surface area contributed by atoms with Gasteiger partial charge in [0.1, 0.15) is 17.3 Å². The number of pyridine rings is 1. The molecule has 0 aliphatic carbocycles. The molecule has 1 saturated heterocycles. The Kier molecular flexibility index (Phi) is 8.39. The molecule has 2 bridgehead atoms. The predicted molar refractivity (Wildman–Crippen MR) is 179 cm³/mol. The number of carbonyl (C=O) groups excluding carboxylic acids is 1. The van der Waals surface area contributed by atoms with Crippen LogP contribution in [0.4, 0.5) is 20.3 Å². The summed E-state index contributed by atoms with van der Waals surface area (Å²) in [6, 6.07) is 11.6. The Bertz CT molecular complexity index is 1900. The van der Waals surface area contributed by atoms with Crippen LogP contribution in [-0.4, -0.2) is 64.1 Å². The Balaban J connectivity index is 1.70. The minimum absolute atomic E-state index is 0.0527. The second kappa shape index (κ2) is 12.3. The summed E-state index contributed by atoms with van der Waals surface area (Å²) in [7, 11) is 1.87. The van der Waals surface area contributed by atoms with Gasteiger partial charge in [-0.2, -0.15) is 4.98 Å². The van der Waals surface area contributed by atoms with Crippen molar-refractivity contribution in [1.82, 2.24) is 19.4 Å². The SMILES string of the molecule is C=CC(=O)N1C[C@H](C)N(c2nc(=O)n3c4nc(c(F)cc24)-c2c(F)cccc2N(C)CCCCc2cccc(C(C)C)c2-3)C[C@H]1C. The van der Waals surface area contributed by atoms with Crippen LogP contribution in [0.15, 0.2) is 59.9 Å². The van der Waals surface area contributed by atoms with Crippen molar-refractivity contribution in [1.29, 1.82) is 0 Å². The van der Waals surface area contributed by atoms with E-state index in [1.807, 2.05) is 48.9 Å². The van der Waals surface area contributed by atoms with Crippen LogP contribution < -0.4 is 15.5 Å². The fraction of sp³-hybridized carbons (Fsp3) is 0.389. The maximum Gasteiger partial charge on any atom is 0.355 e. The molecule has 6 rings (SSSR count). The highest BCUT2D eigenvalue weighted by atomic mass is 19.1. The lowest BCUT2D eigenvalue weighted by Gasteiger charge is -2.44. The molecule has 2 aliphatic rings. The van der Waals surface area contributed by atoms with Crippen molar-refractivity contribution in [2.24, 2.45) is 0 Å². The summed E-state index contributed by atoms with van der Waals surface area (Å²) in [4.78, 5) is 42.0. The Hall–Kier alpha value is -4.60. The molecule has 1 fully saturated rings. The summed E-state index contributed by atoms with van der Waals surface area (Å²) in [6.45, 7) is 13.0. The molecule has 0 N–H and O–H groups in total. The van der Waals surface area contributed by atoms with E-state index in [0.29, 0.717) is 42.8 Å². The van der Waals surface area contributed by atoms with Crippen LogP contribution in [0.5, 0.6) is 0 Å². The van der Waals surface area contributed by atoms with Gasteiger partial charge in [0.2, 0.25) is 5.91 Å². The van der Waals surface area contributed by atoms with E-state index in [-0.39, 0.29) is 46.6 Å². The Labute approximate surface area is 268 Å². The average molecular weight is 627 g/mol. The standard InChI is InChI=1S/C36H40F2N6O2/c1-7-30(45)42-19-23(5)43(20-22(42)4)34-26-18-28(38)32-31-27(37)15-11-16-29(31)41(6)17-9-8-12-24-13-10-14-25(21(2)3)33(24)44(35(26)39-32)36(46)40-34/h7,10-11,13-16,18,21-23H,1,8-9,12,17,19-20H2,2-6H3/t22-,23+/m1/s1. The highest BCUT2D eigenvalue weighted by molar-refractivity contribution is 5.92. The van der Waals surface area contributed by atoms with Crippen molar-refractivity contribution in [2.75, 3.05) is 36.5 Å². The van der Waals surface area contributed by atoms with Crippen molar-refractivity contribution in [3.8, 4) is 16.9 Å². The molecule has 4 heterocycles. The summed E-state index contributed by atoms with van der Waals surface area (Å²) in [5.74, 6) is -1.13. The van der Waals surface area contributed by atoms with Crippen LogP contribution in [0.25, 0.3) is 28.0 Å². The number of benzene rings is 2. The van der Waals surface area contributed by atoms with E-state index in [2.05, 4.69) is 25.4 Å². The van der Waals surface area contributed by atoms with Crippen LogP contribution in [0.2, 0.25) is 0 Å². The summed E-state index contributed by atoms with van der Waals surface area (Å²) in [5.41, 5.74) is 2.69. The first-order valence-electron chi connectivity index (χ1n) is 16.0. The molecule has 2 aromatic carbocycles. The number of para-hydroxylation sites is 1. The number of aromatic nitrogens is 3. The molecule has 8 nitrogen and oxygen atoms in total.